The maximum absolute atomic E-state index is 12.1. The van der Waals surface area contributed by atoms with Gasteiger partial charge in [-0.05, 0) is 29.9 Å². The monoisotopic (exact) mass is 274 g/mol. The highest BCUT2D eigenvalue weighted by Crippen LogP contribution is 2.36. The molecule has 1 atom stereocenters. The van der Waals surface area contributed by atoms with E-state index < -0.39 is 0 Å². The summed E-state index contributed by atoms with van der Waals surface area (Å²) in [6.07, 6.45) is 7.11. The molecule has 0 amide bonds. The number of hydrogen-bond donors (Lipinski definition) is 0. The van der Waals surface area contributed by atoms with Crippen molar-refractivity contribution in [3.05, 3.63) is 30.3 Å². The Bertz CT molecular complexity index is 405. The first-order valence-electron chi connectivity index (χ1n) is 7.92. The van der Waals surface area contributed by atoms with Gasteiger partial charge in [0.1, 0.15) is 5.75 Å². The van der Waals surface area contributed by atoms with E-state index in [0.717, 1.165) is 0 Å². The minimum Gasteiger partial charge on any atom is -0.427 e. The van der Waals surface area contributed by atoms with Crippen LogP contribution in [0.15, 0.2) is 30.3 Å². The largest absolute Gasteiger partial charge is 0.427 e. The molecule has 0 aliphatic heterocycles. The molecule has 0 spiro atoms. The summed E-state index contributed by atoms with van der Waals surface area (Å²) >= 11 is 0. The second-order valence-electron chi connectivity index (χ2n) is 6.30. The van der Waals surface area contributed by atoms with Crippen LogP contribution in [0.1, 0.15) is 52.4 Å². The number of esters is 1. The zero-order chi connectivity index (χ0) is 14.4. The standard InChI is InChI=1S/C18H26O2/c1-14(2)17(15-9-5-3-6-10-15)13-18(19)20-16-11-7-4-8-12-16/h4,7-8,11-12,14-15,17H,3,5-6,9-10,13H2,1-2H3/t17-/m1/s1. The van der Waals surface area contributed by atoms with Crippen LogP contribution < -0.4 is 4.74 Å². The maximum Gasteiger partial charge on any atom is 0.311 e. The van der Waals surface area contributed by atoms with Crippen LogP contribution in [0, 0.1) is 17.8 Å². The fraction of sp³-hybridized carbons (Fsp3) is 0.611. The number of benzene rings is 1. The van der Waals surface area contributed by atoms with Crippen molar-refractivity contribution >= 4 is 5.97 Å². The van der Waals surface area contributed by atoms with Gasteiger partial charge < -0.3 is 4.74 Å². The predicted molar refractivity (Wildman–Crippen MR) is 81.6 cm³/mol. The Kier molecular flexibility index (Phi) is 5.63. The normalized spacial score (nSPS) is 17.9. The highest BCUT2D eigenvalue weighted by atomic mass is 16.5. The van der Waals surface area contributed by atoms with Crippen LogP contribution in [0.5, 0.6) is 5.75 Å². The molecule has 1 fully saturated rings. The van der Waals surface area contributed by atoms with E-state index in [1.807, 2.05) is 30.3 Å². The van der Waals surface area contributed by atoms with Gasteiger partial charge in [0.05, 0.1) is 0 Å². The molecule has 2 rings (SSSR count). The van der Waals surface area contributed by atoms with Crippen molar-refractivity contribution in [2.75, 3.05) is 0 Å². The number of rotatable bonds is 5. The lowest BCUT2D eigenvalue weighted by molar-refractivity contribution is -0.136. The van der Waals surface area contributed by atoms with Crippen molar-refractivity contribution in [3.63, 3.8) is 0 Å². The summed E-state index contributed by atoms with van der Waals surface area (Å²) in [4.78, 5) is 12.1. The third-order valence-corrected chi connectivity index (χ3v) is 4.49. The number of ether oxygens (including phenoxy) is 1. The van der Waals surface area contributed by atoms with Crippen LogP contribution in [0.3, 0.4) is 0 Å². The molecule has 1 aliphatic carbocycles. The minimum absolute atomic E-state index is 0.0829. The van der Waals surface area contributed by atoms with Gasteiger partial charge in [-0.3, -0.25) is 4.79 Å². The molecule has 20 heavy (non-hydrogen) atoms. The molecule has 1 aromatic carbocycles. The van der Waals surface area contributed by atoms with E-state index >= 15 is 0 Å². The number of carbonyl (C=O) groups is 1. The third-order valence-electron chi connectivity index (χ3n) is 4.49. The van der Waals surface area contributed by atoms with E-state index in [1.165, 1.54) is 32.1 Å². The first-order valence-corrected chi connectivity index (χ1v) is 7.92. The first-order chi connectivity index (χ1) is 9.66. The smallest absolute Gasteiger partial charge is 0.311 e. The molecule has 110 valence electrons. The summed E-state index contributed by atoms with van der Waals surface area (Å²) in [5.41, 5.74) is 0. The molecule has 1 saturated carbocycles. The van der Waals surface area contributed by atoms with Crippen molar-refractivity contribution in [2.45, 2.75) is 52.4 Å². The van der Waals surface area contributed by atoms with Crippen LogP contribution >= 0.6 is 0 Å². The SMILES string of the molecule is CC(C)[C@@H](CC(=O)Oc1ccccc1)C1CCCCC1. The topological polar surface area (TPSA) is 26.3 Å². The first kappa shape index (κ1) is 15.1. The molecule has 0 radical (unpaired) electrons. The van der Waals surface area contributed by atoms with Gasteiger partial charge in [0, 0.05) is 6.42 Å². The summed E-state index contributed by atoms with van der Waals surface area (Å²) in [6.45, 7) is 4.46. The van der Waals surface area contributed by atoms with Crippen molar-refractivity contribution < 1.29 is 9.53 Å². The Morgan fingerprint density at radius 2 is 1.80 bits per heavy atom. The summed E-state index contributed by atoms with van der Waals surface area (Å²) in [5.74, 6) is 2.28. The van der Waals surface area contributed by atoms with Crippen LogP contribution in [-0.4, -0.2) is 5.97 Å². The fourth-order valence-electron chi connectivity index (χ4n) is 3.36. The Labute approximate surface area is 122 Å². The Morgan fingerprint density at radius 1 is 1.15 bits per heavy atom. The van der Waals surface area contributed by atoms with Gasteiger partial charge >= 0.3 is 5.97 Å². The highest BCUT2D eigenvalue weighted by molar-refractivity contribution is 5.72. The lowest BCUT2D eigenvalue weighted by atomic mass is 9.73. The van der Waals surface area contributed by atoms with Gasteiger partial charge in [-0.1, -0.05) is 64.2 Å². The van der Waals surface area contributed by atoms with E-state index in [2.05, 4.69) is 13.8 Å². The Balaban J connectivity index is 1.92. The lowest BCUT2D eigenvalue weighted by Gasteiger charge is -2.32. The van der Waals surface area contributed by atoms with Gasteiger partial charge in [0.2, 0.25) is 0 Å². The second kappa shape index (κ2) is 7.47. The molecular weight excluding hydrogens is 248 g/mol. The van der Waals surface area contributed by atoms with Gasteiger partial charge in [0.25, 0.3) is 0 Å². The average molecular weight is 274 g/mol. The molecule has 0 bridgehead atoms. The Morgan fingerprint density at radius 3 is 2.40 bits per heavy atom. The Hall–Kier alpha value is -1.31. The van der Waals surface area contributed by atoms with Crippen molar-refractivity contribution in [1.82, 2.24) is 0 Å². The predicted octanol–water partition coefficient (Wildman–Crippen LogP) is 4.83. The van der Waals surface area contributed by atoms with E-state index in [9.17, 15) is 4.79 Å². The van der Waals surface area contributed by atoms with Crippen LogP contribution in [-0.2, 0) is 4.79 Å². The summed E-state index contributed by atoms with van der Waals surface area (Å²) in [7, 11) is 0. The molecule has 0 N–H and O–H groups in total. The maximum atomic E-state index is 12.1. The summed E-state index contributed by atoms with van der Waals surface area (Å²) < 4.78 is 5.45. The molecule has 0 saturated heterocycles. The third kappa shape index (κ3) is 4.36. The molecule has 2 heteroatoms. The number of para-hydroxylation sites is 1. The zero-order valence-corrected chi connectivity index (χ0v) is 12.7. The van der Waals surface area contributed by atoms with E-state index in [0.29, 0.717) is 29.9 Å². The van der Waals surface area contributed by atoms with Gasteiger partial charge in [-0.15, -0.1) is 0 Å². The quantitative estimate of drug-likeness (QED) is 0.567. The van der Waals surface area contributed by atoms with E-state index in [4.69, 9.17) is 4.74 Å². The van der Waals surface area contributed by atoms with Crippen molar-refractivity contribution in [3.8, 4) is 5.75 Å². The van der Waals surface area contributed by atoms with Crippen molar-refractivity contribution in [2.24, 2.45) is 17.8 Å². The highest BCUT2D eigenvalue weighted by Gasteiger charge is 2.28. The van der Waals surface area contributed by atoms with Crippen LogP contribution in [0.25, 0.3) is 0 Å². The molecule has 1 aromatic rings. The molecule has 0 aromatic heterocycles. The van der Waals surface area contributed by atoms with Gasteiger partial charge in [-0.2, -0.15) is 0 Å². The molecule has 0 heterocycles. The van der Waals surface area contributed by atoms with E-state index in [-0.39, 0.29) is 5.97 Å². The molecule has 1 aliphatic rings. The van der Waals surface area contributed by atoms with Crippen LogP contribution in [0.2, 0.25) is 0 Å². The zero-order valence-electron chi connectivity index (χ0n) is 12.7. The molecular formula is C18H26O2. The number of carbonyl (C=O) groups excluding carboxylic acids is 1. The lowest BCUT2D eigenvalue weighted by Crippen LogP contribution is -2.27. The number of hydrogen-bond acceptors (Lipinski definition) is 2. The summed E-state index contributed by atoms with van der Waals surface area (Å²) in [5, 5.41) is 0. The van der Waals surface area contributed by atoms with Crippen molar-refractivity contribution in [1.29, 1.82) is 0 Å². The second-order valence-corrected chi connectivity index (χ2v) is 6.30. The average Bonchev–Trinajstić information content (AvgIpc) is 2.46. The molecule has 0 unspecified atom stereocenters. The summed E-state index contributed by atoms with van der Waals surface area (Å²) in [6, 6.07) is 9.38. The van der Waals surface area contributed by atoms with Crippen LogP contribution in [0.4, 0.5) is 0 Å². The molecule has 2 nitrogen and oxygen atoms in total. The van der Waals surface area contributed by atoms with Gasteiger partial charge in [-0.25, -0.2) is 0 Å². The van der Waals surface area contributed by atoms with E-state index in [1.54, 1.807) is 0 Å². The minimum atomic E-state index is -0.0829. The van der Waals surface area contributed by atoms with Gasteiger partial charge in [0.15, 0.2) is 0 Å². The fourth-order valence-corrected chi connectivity index (χ4v) is 3.36.